The molecule has 0 unspecified atom stereocenters. The Bertz CT molecular complexity index is 380. The predicted octanol–water partition coefficient (Wildman–Crippen LogP) is 1.70. The number of aromatic amines is 1. The van der Waals surface area contributed by atoms with Crippen LogP contribution < -0.4 is 0 Å². The molecule has 0 saturated heterocycles. The topological polar surface area (TPSA) is 49.9 Å². The Morgan fingerprint density at radius 2 is 2.08 bits per heavy atom. The third-order valence-corrected chi connectivity index (χ3v) is 2.57. The number of aromatic nitrogens is 1. The molecule has 0 aliphatic heterocycles. The van der Waals surface area contributed by atoms with Gasteiger partial charge in [0.15, 0.2) is 0 Å². The summed E-state index contributed by atoms with van der Waals surface area (Å²) >= 11 is 0. The zero-order chi connectivity index (χ0) is 9.35. The van der Waals surface area contributed by atoms with E-state index >= 15 is 0 Å². The van der Waals surface area contributed by atoms with Crippen LogP contribution >= 0.6 is 10.7 Å². The fraction of sp³-hybridized carbons (Fsp3) is 0.429. The van der Waals surface area contributed by atoms with Crippen LogP contribution in [0.4, 0.5) is 0 Å². The van der Waals surface area contributed by atoms with Gasteiger partial charge in [-0.05, 0) is 25.5 Å². The normalized spacial score (nSPS) is 11.9. The van der Waals surface area contributed by atoms with Crippen LogP contribution in [0.15, 0.2) is 6.07 Å². The highest BCUT2D eigenvalue weighted by Gasteiger charge is 2.10. The van der Waals surface area contributed by atoms with E-state index in [1.165, 1.54) is 0 Å². The van der Waals surface area contributed by atoms with Gasteiger partial charge in [0.1, 0.15) is 0 Å². The zero-order valence-corrected chi connectivity index (χ0v) is 8.46. The van der Waals surface area contributed by atoms with Crippen LogP contribution in [-0.2, 0) is 14.8 Å². The Kier molecular flexibility index (Phi) is 2.49. The van der Waals surface area contributed by atoms with Gasteiger partial charge in [-0.15, -0.1) is 0 Å². The Labute approximate surface area is 76.2 Å². The summed E-state index contributed by atoms with van der Waals surface area (Å²) in [4.78, 5) is 3.01. The van der Waals surface area contributed by atoms with E-state index in [1.807, 2.05) is 13.8 Å². The van der Waals surface area contributed by atoms with E-state index in [4.69, 9.17) is 10.7 Å². The van der Waals surface area contributed by atoms with Crippen LogP contribution in [0.5, 0.6) is 0 Å². The summed E-state index contributed by atoms with van der Waals surface area (Å²) in [7, 11) is 1.67. The van der Waals surface area contributed by atoms with Crippen LogP contribution in [0.1, 0.15) is 17.0 Å². The van der Waals surface area contributed by atoms with Crippen molar-refractivity contribution in [1.29, 1.82) is 0 Å². The number of hydrogen-bond donors (Lipinski definition) is 1. The lowest BCUT2D eigenvalue weighted by molar-refractivity contribution is 0.609. The fourth-order valence-electron chi connectivity index (χ4n) is 1.12. The van der Waals surface area contributed by atoms with Gasteiger partial charge >= 0.3 is 0 Å². The molecule has 0 amide bonds. The molecule has 3 nitrogen and oxygen atoms in total. The van der Waals surface area contributed by atoms with Crippen molar-refractivity contribution in [3.05, 3.63) is 23.0 Å². The summed E-state index contributed by atoms with van der Waals surface area (Å²) in [6, 6.07) is 1.79. The van der Waals surface area contributed by atoms with E-state index in [-0.39, 0.29) is 5.75 Å². The maximum Gasteiger partial charge on any atom is 0.236 e. The zero-order valence-electron chi connectivity index (χ0n) is 6.89. The van der Waals surface area contributed by atoms with Crippen LogP contribution in [0, 0.1) is 13.8 Å². The molecule has 1 aromatic heterocycles. The Hall–Kier alpha value is -0.480. The Morgan fingerprint density at radius 3 is 2.42 bits per heavy atom. The molecule has 0 fully saturated rings. The van der Waals surface area contributed by atoms with Crippen molar-refractivity contribution in [3.63, 3.8) is 0 Å². The van der Waals surface area contributed by atoms with E-state index in [9.17, 15) is 8.42 Å². The molecule has 0 bridgehead atoms. The van der Waals surface area contributed by atoms with Crippen molar-refractivity contribution in [2.45, 2.75) is 19.6 Å². The maximum absolute atomic E-state index is 10.7. The van der Waals surface area contributed by atoms with Crippen molar-refractivity contribution in [2.75, 3.05) is 0 Å². The molecule has 12 heavy (non-hydrogen) atoms. The monoisotopic (exact) mass is 207 g/mol. The molecule has 1 N–H and O–H groups in total. The van der Waals surface area contributed by atoms with E-state index in [1.54, 1.807) is 6.07 Å². The van der Waals surface area contributed by atoms with E-state index in [0.29, 0.717) is 0 Å². The molecular weight excluding hydrogens is 198 g/mol. The molecule has 0 aliphatic carbocycles. The van der Waals surface area contributed by atoms with Gasteiger partial charge in [-0.1, -0.05) is 0 Å². The van der Waals surface area contributed by atoms with Crippen molar-refractivity contribution >= 4 is 19.7 Å². The predicted molar refractivity (Wildman–Crippen MR) is 48.7 cm³/mol. The molecule has 0 radical (unpaired) electrons. The van der Waals surface area contributed by atoms with Gasteiger partial charge in [0.25, 0.3) is 0 Å². The first-order valence-corrected chi connectivity index (χ1v) is 5.94. The Morgan fingerprint density at radius 1 is 1.50 bits per heavy atom. The standard InChI is InChI=1S/C7H10ClNO2S/c1-5-3-7(6(2)9-5)4-12(8,10)11/h3,9H,4H2,1-2H3. The molecular formula is C7H10ClNO2S. The van der Waals surface area contributed by atoms with Crippen LogP contribution in [-0.4, -0.2) is 13.4 Å². The molecule has 1 rings (SSSR count). The van der Waals surface area contributed by atoms with Crippen molar-refractivity contribution in [1.82, 2.24) is 4.98 Å². The van der Waals surface area contributed by atoms with Gasteiger partial charge in [-0.3, -0.25) is 0 Å². The minimum absolute atomic E-state index is 0.106. The van der Waals surface area contributed by atoms with E-state index < -0.39 is 9.05 Å². The molecule has 0 aromatic carbocycles. The number of H-pyrrole nitrogens is 1. The maximum atomic E-state index is 10.7. The molecule has 5 heteroatoms. The van der Waals surface area contributed by atoms with Crippen LogP contribution in [0.25, 0.3) is 0 Å². The highest BCUT2D eigenvalue weighted by atomic mass is 35.7. The van der Waals surface area contributed by atoms with Gasteiger partial charge in [0.05, 0.1) is 5.75 Å². The van der Waals surface area contributed by atoms with Crippen molar-refractivity contribution in [3.8, 4) is 0 Å². The second-order valence-electron chi connectivity index (χ2n) is 2.79. The lowest BCUT2D eigenvalue weighted by atomic mass is 10.3. The quantitative estimate of drug-likeness (QED) is 0.751. The minimum atomic E-state index is -3.43. The first kappa shape index (κ1) is 9.61. The molecule has 0 spiro atoms. The fourth-order valence-corrected chi connectivity index (χ4v) is 2.14. The number of hydrogen-bond acceptors (Lipinski definition) is 2. The second-order valence-corrected chi connectivity index (χ2v) is 5.56. The van der Waals surface area contributed by atoms with Crippen LogP contribution in [0.3, 0.4) is 0 Å². The van der Waals surface area contributed by atoms with Crippen molar-refractivity contribution in [2.24, 2.45) is 0 Å². The highest BCUT2D eigenvalue weighted by molar-refractivity contribution is 8.13. The van der Waals surface area contributed by atoms with Gasteiger partial charge in [-0.2, -0.15) is 0 Å². The lowest BCUT2D eigenvalue weighted by Gasteiger charge is -1.93. The summed E-state index contributed by atoms with van der Waals surface area (Å²) in [6.07, 6.45) is 0. The summed E-state index contributed by atoms with van der Waals surface area (Å²) in [5, 5.41) is 0. The molecule has 1 heterocycles. The summed E-state index contributed by atoms with van der Waals surface area (Å²) in [5.41, 5.74) is 2.54. The molecule has 0 atom stereocenters. The molecule has 1 aromatic rings. The summed E-state index contributed by atoms with van der Waals surface area (Å²) < 4.78 is 21.4. The van der Waals surface area contributed by atoms with E-state index in [2.05, 4.69) is 4.98 Å². The third kappa shape index (κ3) is 2.53. The average molecular weight is 208 g/mol. The largest absolute Gasteiger partial charge is 0.362 e. The summed E-state index contributed by atoms with van der Waals surface area (Å²) in [5.74, 6) is -0.106. The summed E-state index contributed by atoms with van der Waals surface area (Å²) in [6.45, 7) is 3.70. The lowest BCUT2D eigenvalue weighted by Crippen LogP contribution is -1.94. The molecule has 0 aliphatic rings. The number of rotatable bonds is 2. The second kappa shape index (κ2) is 3.11. The molecule has 0 saturated carbocycles. The van der Waals surface area contributed by atoms with Gasteiger partial charge < -0.3 is 4.98 Å². The first-order chi connectivity index (χ1) is 5.38. The Balaban J connectivity index is 2.97. The van der Waals surface area contributed by atoms with Gasteiger partial charge in [0.2, 0.25) is 9.05 Å². The highest BCUT2D eigenvalue weighted by Crippen LogP contribution is 2.14. The van der Waals surface area contributed by atoms with Gasteiger partial charge in [0, 0.05) is 22.1 Å². The third-order valence-electron chi connectivity index (χ3n) is 1.58. The first-order valence-electron chi connectivity index (χ1n) is 3.46. The average Bonchev–Trinajstić information content (AvgIpc) is 2.06. The number of nitrogens with one attached hydrogen (secondary N) is 1. The minimum Gasteiger partial charge on any atom is -0.362 e. The smallest absolute Gasteiger partial charge is 0.236 e. The number of aryl methyl sites for hydroxylation is 2. The SMILES string of the molecule is Cc1cc(CS(=O)(=O)Cl)c(C)[nH]1. The number of halogens is 1. The van der Waals surface area contributed by atoms with E-state index in [0.717, 1.165) is 17.0 Å². The van der Waals surface area contributed by atoms with Crippen LogP contribution in [0.2, 0.25) is 0 Å². The molecule has 68 valence electrons. The van der Waals surface area contributed by atoms with Gasteiger partial charge in [-0.25, -0.2) is 8.42 Å². The van der Waals surface area contributed by atoms with Crippen molar-refractivity contribution < 1.29 is 8.42 Å².